The number of thioether (sulfide) groups is 1. The summed E-state index contributed by atoms with van der Waals surface area (Å²) in [5.41, 5.74) is -0.263. The summed E-state index contributed by atoms with van der Waals surface area (Å²) in [6.45, 7) is 0. The average molecular weight is 266 g/mol. The van der Waals surface area contributed by atoms with Crippen LogP contribution in [-0.2, 0) is 0 Å². The van der Waals surface area contributed by atoms with Gasteiger partial charge in [-0.25, -0.2) is 8.78 Å². The zero-order valence-corrected chi connectivity index (χ0v) is 10.3. The summed E-state index contributed by atoms with van der Waals surface area (Å²) in [5.74, 6) is -1.21. The Morgan fingerprint density at radius 2 is 1.56 bits per heavy atom. The zero-order valence-electron chi connectivity index (χ0n) is 9.51. The molecule has 0 spiro atoms. The lowest BCUT2D eigenvalue weighted by atomic mass is 10.1. The minimum Gasteiger partial charge on any atom is -0.387 e. The Labute approximate surface area is 108 Å². The fourth-order valence-electron chi connectivity index (χ4n) is 1.60. The minimum atomic E-state index is -1.16. The fraction of sp³-hybridized carbons (Fsp3) is 0.143. The molecule has 1 atom stereocenters. The van der Waals surface area contributed by atoms with Crippen LogP contribution >= 0.6 is 11.8 Å². The molecule has 2 aromatic rings. The van der Waals surface area contributed by atoms with Gasteiger partial charge < -0.3 is 5.11 Å². The molecule has 1 unspecified atom stereocenters. The van der Waals surface area contributed by atoms with Crippen LogP contribution in [0.1, 0.15) is 11.7 Å². The SMILES string of the molecule is OC(CSc1ccccc1)c1c(F)cccc1F. The molecule has 0 saturated carbocycles. The first kappa shape index (κ1) is 13.1. The van der Waals surface area contributed by atoms with Gasteiger partial charge >= 0.3 is 0 Å². The normalized spacial score (nSPS) is 12.4. The van der Waals surface area contributed by atoms with Gasteiger partial charge in [0.05, 0.1) is 11.7 Å². The van der Waals surface area contributed by atoms with Crippen molar-refractivity contribution < 1.29 is 13.9 Å². The van der Waals surface area contributed by atoms with Crippen molar-refractivity contribution in [3.8, 4) is 0 Å². The molecule has 0 bridgehead atoms. The van der Waals surface area contributed by atoms with E-state index in [2.05, 4.69) is 0 Å². The van der Waals surface area contributed by atoms with Crippen LogP contribution in [0.3, 0.4) is 0 Å². The van der Waals surface area contributed by atoms with Crippen molar-refractivity contribution in [1.82, 2.24) is 0 Å². The van der Waals surface area contributed by atoms with Crippen molar-refractivity contribution in [2.24, 2.45) is 0 Å². The molecule has 0 aliphatic carbocycles. The summed E-state index contributed by atoms with van der Waals surface area (Å²) in [7, 11) is 0. The Morgan fingerprint density at radius 1 is 0.944 bits per heavy atom. The molecule has 0 aliphatic heterocycles. The highest BCUT2D eigenvalue weighted by Gasteiger charge is 2.17. The first-order chi connectivity index (χ1) is 8.68. The Hall–Kier alpha value is -1.39. The second-order valence-electron chi connectivity index (χ2n) is 3.78. The number of benzene rings is 2. The molecule has 0 aliphatic rings. The Kier molecular flexibility index (Phi) is 4.33. The van der Waals surface area contributed by atoms with Gasteiger partial charge in [-0.1, -0.05) is 24.3 Å². The molecule has 0 saturated heterocycles. The van der Waals surface area contributed by atoms with Crippen LogP contribution in [0.2, 0.25) is 0 Å². The van der Waals surface area contributed by atoms with Gasteiger partial charge in [-0.2, -0.15) is 0 Å². The third-order valence-electron chi connectivity index (χ3n) is 2.48. The van der Waals surface area contributed by atoms with E-state index in [0.717, 1.165) is 17.0 Å². The second-order valence-corrected chi connectivity index (χ2v) is 4.87. The first-order valence-corrected chi connectivity index (χ1v) is 6.47. The van der Waals surface area contributed by atoms with E-state index in [9.17, 15) is 13.9 Å². The average Bonchev–Trinajstić information content (AvgIpc) is 2.37. The van der Waals surface area contributed by atoms with Gasteiger partial charge in [0, 0.05) is 10.6 Å². The highest BCUT2D eigenvalue weighted by Crippen LogP contribution is 2.27. The molecule has 94 valence electrons. The molecule has 2 aromatic carbocycles. The highest BCUT2D eigenvalue weighted by molar-refractivity contribution is 7.99. The Morgan fingerprint density at radius 3 is 2.17 bits per heavy atom. The molecule has 0 aromatic heterocycles. The maximum Gasteiger partial charge on any atom is 0.131 e. The van der Waals surface area contributed by atoms with Gasteiger partial charge in [0.1, 0.15) is 11.6 Å². The summed E-state index contributed by atoms with van der Waals surface area (Å²) in [4.78, 5) is 0.952. The van der Waals surface area contributed by atoms with Gasteiger partial charge in [-0.05, 0) is 24.3 Å². The summed E-state index contributed by atoms with van der Waals surface area (Å²) in [6.07, 6.45) is -1.16. The predicted molar refractivity (Wildman–Crippen MR) is 68.5 cm³/mol. The van der Waals surface area contributed by atoms with Gasteiger partial charge in [0.2, 0.25) is 0 Å². The third-order valence-corrected chi connectivity index (χ3v) is 3.57. The molecule has 0 heterocycles. The van der Waals surface area contributed by atoms with E-state index in [4.69, 9.17) is 0 Å². The summed E-state index contributed by atoms with van der Waals surface area (Å²) in [6, 6.07) is 13.0. The molecule has 0 fully saturated rings. The van der Waals surface area contributed by atoms with Crippen LogP contribution in [0.5, 0.6) is 0 Å². The molecule has 1 N–H and O–H groups in total. The quantitative estimate of drug-likeness (QED) is 0.850. The summed E-state index contributed by atoms with van der Waals surface area (Å²) >= 11 is 1.36. The van der Waals surface area contributed by atoms with Crippen LogP contribution in [-0.4, -0.2) is 10.9 Å². The molecule has 0 amide bonds. The van der Waals surface area contributed by atoms with E-state index >= 15 is 0 Å². The maximum absolute atomic E-state index is 13.4. The smallest absolute Gasteiger partial charge is 0.131 e. The molecular formula is C14H12F2OS. The van der Waals surface area contributed by atoms with Crippen LogP contribution in [0, 0.1) is 11.6 Å². The molecule has 4 heteroatoms. The standard InChI is InChI=1S/C14H12F2OS/c15-11-7-4-8-12(16)14(11)13(17)9-18-10-5-2-1-3-6-10/h1-8,13,17H,9H2. The number of hydrogen-bond donors (Lipinski definition) is 1. The van der Waals surface area contributed by atoms with E-state index in [1.165, 1.54) is 17.8 Å². The van der Waals surface area contributed by atoms with Crippen molar-refractivity contribution in [2.75, 3.05) is 5.75 Å². The lowest BCUT2D eigenvalue weighted by molar-refractivity contribution is 0.193. The Balaban J connectivity index is 2.06. The lowest BCUT2D eigenvalue weighted by Gasteiger charge is -2.12. The predicted octanol–water partition coefficient (Wildman–Crippen LogP) is 3.79. The van der Waals surface area contributed by atoms with Crippen LogP contribution in [0.4, 0.5) is 8.78 Å². The number of rotatable bonds is 4. The van der Waals surface area contributed by atoms with E-state index in [0.29, 0.717) is 0 Å². The van der Waals surface area contributed by atoms with Crippen molar-refractivity contribution in [1.29, 1.82) is 0 Å². The van der Waals surface area contributed by atoms with Crippen molar-refractivity contribution in [2.45, 2.75) is 11.0 Å². The van der Waals surface area contributed by atoms with E-state index in [-0.39, 0.29) is 11.3 Å². The van der Waals surface area contributed by atoms with Crippen LogP contribution in [0.15, 0.2) is 53.4 Å². The van der Waals surface area contributed by atoms with Gasteiger partial charge in [-0.3, -0.25) is 0 Å². The van der Waals surface area contributed by atoms with Crippen molar-refractivity contribution in [3.63, 3.8) is 0 Å². The fourth-order valence-corrected chi connectivity index (χ4v) is 2.47. The number of aliphatic hydroxyl groups is 1. The molecule has 1 nitrogen and oxygen atoms in total. The van der Waals surface area contributed by atoms with Gasteiger partial charge in [-0.15, -0.1) is 11.8 Å². The lowest BCUT2D eigenvalue weighted by Crippen LogP contribution is -2.06. The molecular weight excluding hydrogens is 254 g/mol. The Bertz CT molecular complexity index is 496. The van der Waals surface area contributed by atoms with Crippen molar-refractivity contribution >= 4 is 11.8 Å². The molecule has 2 rings (SSSR count). The highest BCUT2D eigenvalue weighted by atomic mass is 32.2. The maximum atomic E-state index is 13.4. The number of hydrogen-bond acceptors (Lipinski definition) is 2. The third kappa shape index (κ3) is 3.09. The van der Waals surface area contributed by atoms with Crippen molar-refractivity contribution in [3.05, 3.63) is 65.7 Å². The topological polar surface area (TPSA) is 20.2 Å². The van der Waals surface area contributed by atoms with Crippen LogP contribution < -0.4 is 0 Å². The van der Waals surface area contributed by atoms with Gasteiger partial charge in [0.15, 0.2) is 0 Å². The van der Waals surface area contributed by atoms with E-state index in [1.807, 2.05) is 30.3 Å². The largest absolute Gasteiger partial charge is 0.387 e. The van der Waals surface area contributed by atoms with E-state index in [1.54, 1.807) is 0 Å². The van der Waals surface area contributed by atoms with Crippen LogP contribution in [0.25, 0.3) is 0 Å². The second kappa shape index (κ2) is 5.98. The number of halogens is 2. The summed E-state index contributed by atoms with van der Waals surface area (Å²) < 4.78 is 26.8. The monoisotopic (exact) mass is 266 g/mol. The zero-order chi connectivity index (χ0) is 13.0. The van der Waals surface area contributed by atoms with E-state index < -0.39 is 17.7 Å². The molecule has 18 heavy (non-hydrogen) atoms. The first-order valence-electron chi connectivity index (χ1n) is 5.48. The minimum absolute atomic E-state index is 0.210. The van der Waals surface area contributed by atoms with Gasteiger partial charge in [0.25, 0.3) is 0 Å². The number of aliphatic hydroxyl groups excluding tert-OH is 1. The molecule has 0 radical (unpaired) electrons. The summed E-state index contributed by atoms with van der Waals surface area (Å²) in [5, 5.41) is 9.84.